The summed E-state index contributed by atoms with van der Waals surface area (Å²) in [5.41, 5.74) is 0. The third-order valence-corrected chi connectivity index (χ3v) is 3.41. The lowest BCUT2D eigenvalue weighted by molar-refractivity contribution is 0.0994. The van der Waals surface area contributed by atoms with Crippen molar-refractivity contribution < 1.29 is 4.74 Å². The van der Waals surface area contributed by atoms with Gasteiger partial charge in [-0.1, -0.05) is 0 Å². The molecule has 1 aromatic heterocycles. The summed E-state index contributed by atoms with van der Waals surface area (Å²) in [5.74, 6) is 0.907. The average Bonchev–Trinajstić information content (AvgIpc) is 2.86. The maximum Gasteiger partial charge on any atom is 0.164 e. The largest absolute Gasteiger partial charge is 0.378 e. The van der Waals surface area contributed by atoms with Crippen molar-refractivity contribution in [2.75, 3.05) is 6.61 Å². The van der Waals surface area contributed by atoms with Crippen LogP contribution in [0.5, 0.6) is 0 Å². The van der Waals surface area contributed by atoms with E-state index in [1.54, 1.807) is 0 Å². The number of aromatic nitrogens is 3. The molecule has 17 heavy (non-hydrogen) atoms. The van der Waals surface area contributed by atoms with Crippen molar-refractivity contribution in [3.63, 3.8) is 0 Å². The minimum absolute atomic E-state index is 0.437. The number of nitrogens with zero attached hydrogens (tertiary/aromatic N) is 3. The van der Waals surface area contributed by atoms with Gasteiger partial charge in [-0.05, 0) is 32.1 Å². The van der Waals surface area contributed by atoms with Gasteiger partial charge in [-0.2, -0.15) is 5.10 Å². The van der Waals surface area contributed by atoms with Crippen LogP contribution in [-0.2, 0) is 17.8 Å². The molecule has 1 N–H and O–H groups in total. The first-order valence-corrected chi connectivity index (χ1v) is 6.63. The molecule has 0 spiro atoms. The van der Waals surface area contributed by atoms with E-state index in [0.717, 1.165) is 31.9 Å². The molecule has 1 aliphatic carbocycles. The average molecular weight is 236 g/mol. The van der Waals surface area contributed by atoms with Crippen molar-refractivity contribution in [3.8, 4) is 0 Å². The highest BCUT2D eigenvalue weighted by atomic mass is 16.5. The van der Waals surface area contributed by atoms with Crippen LogP contribution >= 0.6 is 0 Å². The molecule has 1 saturated carbocycles. The fourth-order valence-corrected chi connectivity index (χ4v) is 2.19. The summed E-state index contributed by atoms with van der Waals surface area (Å²) in [5, 5.41) is 7.88. The van der Waals surface area contributed by atoms with E-state index in [4.69, 9.17) is 4.74 Å². The SMILES string of the molecule is c1nc(CNC2CC2)nn1CCC1CCCO1. The van der Waals surface area contributed by atoms with Gasteiger partial charge >= 0.3 is 0 Å². The van der Waals surface area contributed by atoms with Crippen molar-refractivity contribution in [2.45, 2.75) is 57.3 Å². The molecule has 2 heterocycles. The molecule has 94 valence electrons. The normalized spacial score (nSPS) is 24.4. The summed E-state index contributed by atoms with van der Waals surface area (Å²) in [6.07, 6.45) is 8.34. The van der Waals surface area contributed by atoms with Crippen molar-refractivity contribution in [2.24, 2.45) is 0 Å². The number of aryl methyl sites for hydroxylation is 1. The predicted octanol–water partition coefficient (Wildman–Crippen LogP) is 1.10. The number of hydrogen-bond acceptors (Lipinski definition) is 4. The molecule has 1 aromatic rings. The molecule has 3 rings (SSSR count). The summed E-state index contributed by atoms with van der Waals surface area (Å²) in [7, 11) is 0. The zero-order chi connectivity index (χ0) is 11.5. The molecule has 0 aromatic carbocycles. The number of nitrogens with one attached hydrogen (secondary N) is 1. The van der Waals surface area contributed by atoms with Crippen molar-refractivity contribution in [1.29, 1.82) is 0 Å². The van der Waals surface area contributed by atoms with E-state index in [2.05, 4.69) is 15.4 Å². The van der Waals surface area contributed by atoms with Crippen LogP contribution in [-0.4, -0.2) is 33.5 Å². The number of hydrogen-bond donors (Lipinski definition) is 1. The second-order valence-electron chi connectivity index (χ2n) is 5.00. The lowest BCUT2D eigenvalue weighted by Gasteiger charge is -2.07. The Morgan fingerprint density at radius 1 is 1.41 bits per heavy atom. The van der Waals surface area contributed by atoms with Crippen LogP contribution in [0.15, 0.2) is 6.33 Å². The van der Waals surface area contributed by atoms with Gasteiger partial charge < -0.3 is 10.1 Å². The van der Waals surface area contributed by atoms with E-state index in [9.17, 15) is 0 Å². The third-order valence-electron chi connectivity index (χ3n) is 3.41. The molecule has 0 amide bonds. The molecular formula is C12H20N4O. The van der Waals surface area contributed by atoms with Gasteiger partial charge in [-0.25, -0.2) is 4.98 Å². The molecule has 1 aliphatic heterocycles. The highest BCUT2D eigenvalue weighted by Crippen LogP contribution is 2.19. The minimum atomic E-state index is 0.437. The molecule has 5 heteroatoms. The smallest absolute Gasteiger partial charge is 0.164 e. The highest BCUT2D eigenvalue weighted by molar-refractivity contribution is 4.87. The fraction of sp³-hybridized carbons (Fsp3) is 0.833. The summed E-state index contributed by atoms with van der Waals surface area (Å²) in [4.78, 5) is 4.31. The Bertz CT molecular complexity index is 355. The Labute approximate surface area is 102 Å². The van der Waals surface area contributed by atoms with Gasteiger partial charge in [-0.3, -0.25) is 4.68 Å². The first-order valence-electron chi connectivity index (χ1n) is 6.63. The van der Waals surface area contributed by atoms with E-state index in [1.165, 1.54) is 25.7 Å². The Balaban J connectivity index is 1.42. The van der Waals surface area contributed by atoms with Crippen LogP contribution in [0.4, 0.5) is 0 Å². The van der Waals surface area contributed by atoms with Crippen LogP contribution in [0.2, 0.25) is 0 Å². The van der Waals surface area contributed by atoms with Gasteiger partial charge in [0, 0.05) is 19.2 Å². The molecule has 2 fully saturated rings. The van der Waals surface area contributed by atoms with Crippen molar-refractivity contribution in [3.05, 3.63) is 12.2 Å². The Morgan fingerprint density at radius 2 is 2.35 bits per heavy atom. The van der Waals surface area contributed by atoms with Crippen LogP contribution in [0.3, 0.4) is 0 Å². The summed E-state index contributed by atoms with van der Waals surface area (Å²) < 4.78 is 7.53. The van der Waals surface area contributed by atoms with Gasteiger partial charge in [0.15, 0.2) is 5.82 Å². The van der Waals surface area contributed by atoms with E-state index >= 15 is 0 Å². The first-order chi connectivity index (χ1) is 8.40. The molecule has 1 atom stereocenters. The standard InChI is InChI=1S/C12H20N4O/c1-2-11(17-7-1)5-6-16-9-14-12(15-16)8-13-10-3-4-10/h9-11,13H,1-8H2. The monoisotopic (exact) mass is 236 g/mol. The van der Waals surface area contributed by atoms with Crippen molar-refractivity contribution >= 4 is 0 Å². The lowest BCUT2D eigenvalue weighted by atomic mass is 10.2. The Kier molecular flexibility index (Phi) is 3.38. The maximum absolute atomic E-state index is 5.59. The maximum atomic E-state index is 5.59. The lowest BCUT2D eigenvalue weighted by Crippen LogP contribution is -2.16. The predicted molar refractivity (Wildman–Crippen MR) is 63.5 cm³/mol. The van der Waals surface area contributed by atoms with Crippen LogP contribution in [0, 0.1) is 0 Å². The first kappa shape index (κ1) is 11.2. The quantitative estimate of drug-likeness (QED) is 0.803. The van der Waals surface area contributed by atoms with E-state index < -0.39 is 0 Å². The molecule has 5 nitrogen and oxygen atoms in total. The van der Waals surface area contributed by atoms with Crippen LogP contribution in [0.1, 0.15) is 37.9 Å². The van der Waals surface area contributed by atoms with Gasteiger partial charge in [0.05, 0.1) is 12.6 Å². The van der Waals surface area contributed by atoms with Gasteiger partial charge in [-0.15, -0.1) is 0 Å². The van der Waals surface area contributed by atoms with Gasteiger partial charge in [0.1, 0.15) is 6.33 Å². The fourth-order valence-electron chi connectivity index (χ4n) is 2.19. The minimum Gasteiger partial charge on any atom is -0.378 e. The van der Waals surface area contributed by atoms with E-state index in [0.29, 0.717) is 12.1 Å². The van der Waals surface area contributed by atoms with Crippen LogP contribution in [0.25, 0.3) is 0 Å². The van der Waals surface area contributed by atoms with E-state index in [-0.39, 0.29) is 0 Å². The summed E-state index contributed by atoms with van der Waals surface area (Å²) in [6, 6.07) is 0.717. The van der Waals surface area contributed by atoms with Crippen molar-refractivity contribution in [1.82, 2.24) is 20.1 Å². The number of rotatable bonds is 6. The molecule has 1 unspecified atom stereocenters. The topological polar surface area (TPSA) is 52.0 Å². The highest BCUT2D eigenvalue weighted by Gasteiger charge is 2.20. The number of ether oxygens (including phenoxy) is 1. The van der Waals surface area contributed by atoms with Gasteiger partial charge in [0.2, 0.25) is 0 Å². The van der Waals surface area contributed by atoms with E-state index in [1.807, 2.05) is 11.0 Å². The molecule has 1 saturated heterocycles. The zero-order valence-corrected chi connectivity index (χ0v) is 10.1. The molecule has 0 bridgehead atoms. The third kappa shape index (κ3) is 3.26. The van der Waals surface area contributed by atoms with Gasteiger partial charge in [0.25, 0.3) is 0 Å². The summed E-state index contributed by atoms with van der Waals surface area (Å²) in [6.45, 7) is 2.65. The molecule has 2 aliphatic rings. The molecule has 0 radical (unpaired) electrons. The van der Waals surface area contributed by atoms with Crippen LogP contribution < -0.4 is 5.32 Å². The Hall–Kier alpha value is -0.940. The molecular weight excluding hydrogens is 216 g/mol. The summed E-state index contributed by atoms with van der Waals surface area (Å²) >= 11 is 0. The second-order valence-corrected chi connectivity index (χ2v) is 5.00. The second kappa shape index (κ2) is 5.14. The zero-order valence-electron chi connectivity index (χ0n) is 10.1. The Morgan fingerprint density at radius 3 is 3.12 bits per heavy atom.